The van der Waals surface area contributed by atoms with Gasteiger partial charge in [0.15, 0.2) is 5.16 Å². The maximum atomic E-state index is 14.5. The molecule has 0 aliphatic rings. The van der Waals surface area contributed by atoms with E-state index in [1.165, 1.54) is 16.7 Å². The van der Waals surface area contributed by atoms with Crippen LogP contribution in [-0.4, -0.2) is 46.5 Å². The van der Waals surface area contributed by atoms with E-state index in [0.717, 1.165) is 22.7 Å². The number of carbonyl (C=O) groups is 1. The Labute approximate surface area is 175 Å². The quantitative estimate of drug-likeness (QED) is 0.270. The Morgan fingerprint density at radius 2 is 2.00 bits per heavy atom. The number of fused-ring (bicyclic) bond motifs is 3. The molecule has 0 saturated heterocycles. The second-order valence-electron chi connectivity index (χ2n) is 6.51. The molecule has 154 valence electrons. The van der Waals surface area contributed by atoms with Crippen LogP contribution in [0.3, 0.4) is 0 Å². The van der Waals surface area contributed by atoms with Gasteiger partial charge in [0, 0.05) is 24.6 Å². The second-order valence-corrected chi connectivity index (χ2v) is 7.45. The number of thioether (sulfide) groups is 1. The molecule has 30 heavy (non-hydrogen) atoms. The average molecular weight is 426 g/mol. The molecule has 4 rings (SSSR count). The van der Waals surface area contributed by atoms with Crippen molar-refractivity contribution in [1.29, 1.82) is 0 Å². The van der Waals surface area contributed by atoms with Gasteiger partial charge < -0.3 is 15.0 Å². The molecule has 2 heterocycles. The van der Waals surface area contributed by atoms with E-state index >= 15 is 0 Å². The molecule has 0 aliphatic heterocycles. The van der Waals surface area contributed by atoms with Crippen molar-refractivity contribution in [3.8, 4) is 5.69 Å². The number of aromatic amines is 1. The number of ether oxygens (including phenoxy) is 1. The highest BCUT2D eigenvalue weighted by Gasteiger charge is 2.19. The van der Waals surface area contributed by atoms with Crippen molar-refractivity contribution >= 4 is 39.6 Å². The van der Waals surface area contributed by atoms with E-state index in [2.05, 4.69) is 15.3 Å². The molecular formula is C21H19FN4O3S. The largest absolute Gasteiger partial charge is 0.383 e. The van der Waals surface area contributed by atoms with Crippen LogP contribution in [0.15, 0.2) is 58.5 Å². The van der Waals surface area contributed by atoms with E-state index in [4.69, 9.17) is 4.74 Å². The van der Waals surface area contributed by atoms with E-state index in [1.54, 1.807) is 19.2 Å². The molecule has 0 atom stereocenters. The van der Waals surface area contributed by atoms with Gasteiger partial charge >= 0.3 is 0 Å². The summed E-state index contributed by atoms with van der Waals surface area (Å²) in [4.78, 5) is 33.2. The third kappa shape index (κ3) is 3.81. The Morgan fingerprint density at radius 1 is 1.23 bits per heavy atom. The molecule has 2 N–H and O–H groups in total. The lowest BCUT2D eigenvalue weighted by Gasteiger charge is -2.13. The molecule has 1 amide bonds. The number of para-hydroxylation sites is 2. The van der Waals surface area contributed by atoms with Crippen molar-refractivity contribution in [1.82, 2.24) is 19.9 Å². The van der Waals surface area contributed by atoms with Gasteiger partial charge in [-0.25, -0.2) is 9.37 Å². The van der Waals surface area contributed by atoms with Gasteiger partial charge in [-0.2, -0.15) is 0 Å². The van der Waals surface area contributed by atoms with Crippen LogP contribution in [0, 0.1) is 5.82 Å². The minimum Gasteiger partial charge on any atom is -0.383 e. The number of methoxy groups -OCH3 is 1. The molecule has 0 saturated carbocycles. The zero-order valence-corrected chi connectivity index (χ0v) is 17.0. The number of hydrogen-bond donors (Lipinski definition) is 2. The van der Waals surface area contributed by atoms with Crippen LogP contribution in [0.4, 0.5) is 4.39 Å². The summed E-state index contributed by atoms with van der Waals surface area (Å²) in [6, 6.07) is 13.4. The van der Waals surface area contributed by atoms with Crippen LogP contribution in [0.2, 0.25) is 0 Å². The lowest BCUT2D eigenvalue weighted by molar-refractivity contribution is -0.118. The summed E-state index contributed by atoms with van der Waals surface area (Å²) in [6.07, 6.45) is 0. The zero-order chi connectivity index (χ0) is 21.1. The van der Waals surface area contributed by atoms with Crippen molar-refractivity contribution in [2.45, 2.75) is 5.16 Å². The second kappa shape index (κ2) is 8.68. The van der Waals surface area contributed by atoms with E-state index in [1.807, 2.05) is 24.3 Å². The van der Waals surface area contributed by atoms with E-state index in [9.17, 15) is 14.0 Å². The van der Waals surface area contributed by atoms with Crippen LogP contribution >= 0.6 is 11.8 Å². The standard InChI is InChI=1S/C21H19FN4O3S/c1-29-11-10-23-17(27)12-30-21-25-18-13-6-2-4-8-15(13)24-19(18)20(28)26(21)16-9-5-3-7-14(16)22/h2-9,24H,10-12H2,1H3,(H,23,27). The molecule has 7 nitrogen and oxygen atoms in total. The molecule has 4 aromatic rings. The fraction of sp³-hybridized carbons (Fsp3) is 0.190. The van der Waals surface area contributed by atoms with Crippen molar-refractivity contribution in [3.63, 3.8) is 0 Å². The number of hydrogen-bond acceptors (Lipinski definition) is 5. The summed E-state index contributed by atoms with van der Waals surface area (Å²) < 4.78 is 20.7. The van der Waals surface area contributed by atoms with E-state index in [0.29, 0.717) is 18.7 Å². The van der Waals surface area contributed by atoms with Gasteiger partial charge in [-0.1, -0.05) is 42.1 Å². The lowest BCUT2D eigenvalue weighted by atomic mass is 10.2. The highest BCUT2D eigenvalue weighted by molar-refractivity contribution is 7.99. The molecular weight excluding hydrogens is 407 g/mol. The summed E-state index contributed by atoms with van der Waals surface area (Å²) in [5, 5.41) is 3.75. The molecule has 0 aliphatic carbocycles. The third-order valence-electron chi connectivity index (χ3n) is 4.55. The molecule has 2 aromatic heterocycles. The third-order valence-corrected chi connectivity index (χ3v) is 5.49. The zero-order valence-electron chi connectivity index (χ0n) is 16.1. The van der Waals surface area contributed by atoms with Gasteiger partial charge in [-0.3, -0.25) is 14.2 Å². The van der Waals surface area contributed by atoms with Gasteiger partial charge in [0.05, 0.1) is 18.0 Å². The van der Waals surface area contributed by atoms with Crippen molar-refractivity contribution in [2.75, 3.05) is 26.0 Å². The van der Waals surface area contributed by atoms with Gasteiger partial charge in [0.2, 0.25) is 5.91 Å². The first-order valence-electron chi connectivity index (χ1n) is 9.27. The summed E-state index contributed by atoms with van der Waals surface area (Å²) in [7, 11) is 1.55. The van der Waals surface area contributed by atoms with Crippen LogP contribution in [0.5, 0.6) is 0 Å². The van der Waals surface area contributed by atoms with Crippen LogP contribution in [0.25, 0.3) is 27.6 Å². The normalized spacial score (nSPS) is 11.3. The first-order chi connectivity index (χ1) is 14.6. The van der Waals surface area contributed by atoms with Gasteiger partial charge in [-0.05, 0) is 18.2 Å². The van der Waals surface area contributed by atoms with E-state index in [-0.39, 0.29) is 28.0 Å². The topological polar surface area (TPSA) is 89.0 Å². The number of rotatable bonds is 7. The van der Waals surface area contributed by atoms with Gasteiger partial charge in [0.1, 0.15) is 16.9 Å². The number of nitrogens with zero attached hydrogens (tertiary/aromatic N) is 2. The molecule has 2 aromatic carbocycles. The van der Waals surface area contributed by atoms with Crippen molar-refractivity contribution in [2.24, 2.45) is 0 Å². The summed E-state index contributed by atoms with van der Waals surface area (Å²) in [6.45, 7) is 0.779. The highest BCUT2D eigenvalue weighted by Crippen LogP contribution is 2.26. The smallest absolute Gasteiger partial charge is 0.283 e. The van der Waals surface area contributed by atoms with Crippen molar-refractivity contribution < 1.29 is 13.9 Å². The van der Waals surface area contributed by atoms with Gasteiger partial charge in [0.25, 0.3) is 5.56 Å². The highest BCUT2D eigenvalue weighted by atomic mass is 32.2. The summed E-state index contributed by atoms with van der Waals surface area (Å²) >= 11 is 1.08. The fourth-order valence-corrected chi connectivity index (χ4v) is 3.99. The minimum absolute atomic E-state index is 0.0263. The number of amides is 1. The molecule has 0 radical (unpaired) electrons. The number of benzene rings is 2. The number of halogens is 1. The number of aromatic nitrogens is 3. The first kappa shape index (κ1) is 20.1. The maximum Gasteiger partial charge on any atom is 0.283 e. The SMILES string of the molecule is COCCNC(=O)CSc1nc2c([nH]c3ccccc32)c(=O)n1-c1ccccc1F. The Bertz CT molecular complexity index is 1280. The number of H-pyrrole nitrogens is 1. The monoisotopic (exact) mass is 426 g/mol. The summed E-state index contributed by atoms with van der Waals surface area (Å²) in [5.41, 5.74) is 1.19. The predicted octanol–water partition coefficient (Wildman–Crippen LogP) is 2.86. The Balaban J connectivity index is 1.82. The minimum atomic E-state index is -0.553. The predicted molar refractivity (Wildman–Crippen MR) is 115 cm³/mol. The summed E-state index contributed by atoms with van der Waals surface area (Å²) in [5.74, 6) is -0.757. The van der Waals surface area contributed by atoms with Crippen LogP contribution in [-0.2, 0) is 9.53 Å². The molecule has 9 heteroatoms. The lowest BCUT2D eigenvalue weighted by Crippen LogP contribution is -2.29. The Kier molecular flexibility index (Phi) is 5.82. The molecule has 0 bridgehead atoms. The van der Waals surface area contributed by atoms with Crippen LogP contribution < -0.4 is 10.9 Å². The molecule has 0 spiro atoms. The molecule has 0 fully saturated rings. The fourth-order valence-electron chi connectivity index (χ4n) is 3.16. The average Bonchev–Trinajstić information content (AvgIpc) is 3.12. The first-order valence-corrected chi connectivity index (χ1v) is 10.3. The maximum absolute atomic E-state index is 14.5. The van der Waals surface area contributed by atoms with Crippen LogP contribution in [0.1, 0.15) is 0 Å². The Hall–Kier alpha value is -3.17. The van der Waals surface area contributed by atoms with Gasteiger partial charge in [-0.15, -0.1) is 0 Å². The van der Waals surface area contributed by atoms with Crippen molar-refractivity contribution in [3.05, 3.63) is 64.7 Å². The Morgan fingerprint density at radius 3 is 2.80 bits per heavy atom. The molecule has 0 unspecified atom stereocenters. The van der Waals surface area contributed by atoms with E-state index < -0.39 is 11.4 Å². The number of nitrogens with one attached hydrogen (secondary N) is 2. The number of carbonyl (C=O) groups excluding carboxylic acids is 1.